The predicted molar refractivity (Wildman–Crippen MR) is 197 cm³/mol. The molecule has 0 saturated carbocycles. The molecule has 0 aliphatic carbocycles. The van der Waals surface area contributed by atoms with Gasteiger partial charge in [0.2, 0.25) is 0 Å². The van der Waals surface area contributed by atoms with E-state index in [2.05, 4.69) is 106 Å². The smallest absolute Gasteiger partial charge is 0.264 e. The second kappa shape index (κ2) is 13.5. The quantitative estimate of drug-likeness (QED) is 0.145. The van der Waals surface area contributed by atoms with Gasteiger partial charge in [-0.05, 0) is 119 Å². The molecule has 0 spiro atoms. The van der Waals surface area contributed by atoms with Gasteiger partial charge in [-0.1, -0.05) is 60.7 Å². The molecule has 7 rings (SSSR count). The van der Waals surface area contributed by atoms with E-state index in [0.717, 1.165) is 46.5 Å². The first-order valence-electron chi connectivity index (χ1n) is 15.9. The fourth-order valence-corrected chi connectivity index (χ4v) is 8.49. The third kappa shape index (κ3) is 6.17. The number of thioether (sulfide) groups is 1. The van der Waals surface area contributed by atoms with E-state index >= 15 is 0 Å². The number of nitrogens with one attached hydrogen (secondary N) is 1. The molecule has 4 aromatic rings. The van der Waals surface area contributed by atoms with Crippen LogP contribution in [0, 0.1) is 3.57 Å². The van der Waals surface area contributed by atoms with Crippen LogP contribution in [0.15, 0.2) is 94.8 Å². The van der Waals surface area contributed by atoms with Crippen molar-refractivity contribution in [2.24, 2.45) is 4.99 Å². The number of benzene rings is 4. The lowest BCUT2D eigenvalue weighted by molar-refractivity contribution is -0.115. The summed E-state index contributed by atoms with van der Waals surface area (Å²) in [4.78, 5) is 21.4. The summed E-state index contributed by atoms with van der Waals surface area (Å²) in [5.41, 5.74) is 8.44. The highest BCUT2D eigenvalue weighted by Crippen LogP contribution is 2.50. The summed E-state index contributed by atoms with van der Waals surface area (Å²) in [7, 11) is 0. The van der Waals surface area contributed by atoms with Crippen LogP contribution >= 0.6 is 34.4 Å². The second-order valence-corrected chi connectivity index (χ2v) is 13.8. The van der Waals surface area contributed by atoms with Crippen LogP contribution in [0.4, 0.5) is 11.4 Å². The van der Waals surface area contributed by atoms with Crippen molar-refractivity contribution < 1.29 is 14.3 Å². The van der Waals surface area contributed by atoms with Crippen molar-refractivity contribution in [2.45, 2.75) is 38.5 Å². The van der Waals surface area contributed by atoms with Crippen LogP contribution in [-0.2, 0) is 4.79 Å². The highest BCUT2D eigenvalue weighted by molar-refractivity contribution is 14.1. The SMILES string of the molecule is CCOc1cc(/C=C2\SC(=Nc3cc4c5c(c3)[C@@H](c3ccccc3)CCN5CC[C@@H]4c3ccccc3)NC2=O)cc(I)c1OCC. The molecular weight excluding hydrogens is 705 g/mol. The molecule has 3 aliphatic rings. The van der Waals surface area contributed by atoms with Gasteiger partial charge in [-0.15, -0.1) is 0 Å². The summed E-state index contributed by atoms with van der Waals surface area (Å²) in [5, 5.41) is 3.61. The molecule has 3 aliphatic heterocycles. The number of amidine groups is 1. The zero-order valence-electron chi connectivity index (χ0n) is 26.0. The second-order valence-electron chi connectivity index (χ2n) is 11.6. The largest absolute Gasteiger partial charge is 0.490 e. The molecule has 1 saturated heterocycles. The molecule has 2 atom stereocenters. The molecule has 6 nitrogen and oxygen atoms in total. The number of aliphatic imine (C=N–C) groups is 1. The summed E-state index contributed by atoms with van der Waals surface area (Å²) >= 11 is 3.63. The third-order valence-corrected chi connectivity index (χ3v) is 10.5. The molecule has 0 unspecified atom stereocenters. The van der Waals surface area contributed by atoms with E-state index in [9.17, 15) is 4.79 Å². The minimum Gasteiger partial charge on any atom is -0.490 e. The van der Waals surface area contributed by atoms with Crippen LogP contribution in [-0.4, -0.2) is 37.4 Å². The summed E-state index contributed by atoms with van der Waals surface area (Å²) in [5.74, 6) is 1.85. The van der Waals surface area contributed by atoms with Gasteiger partial charge < -0.3 is 19.7 Å². The van der Waals surface area contributed by atoms with Gasteiger partial charge in [0.25, 0.3) is 5.91 Å². The van der Waals surface area contributed by atoms with Crippen molar-refractivity contribution in [1.82, 2.24) is 5.32 Å². The third-order valence-electron chi connectivity index (χ3n) is 8.80. The topological polar surface area (TPSA) is 63.2 Å². The zero-order valence-corrected chi connectivity index (χ0v) is 28.9. The Bertz CT molecular complexity index is 1750. The van der Waals surface area contributed by atoms with Gasteiger partial charge in [-0.3, -0.25) is 4.79 Å². The van der Waals surface area contributed by atoms with Gasteiger partial charge in [-0.25, -0.2) is 4.99 Å². The maximum absolute atomic E-state index is 13.2. The molecule has 4 aromatic carbocycles. The molecule has 1 fully saturated rings. The lowest BCUT2D eigenvalue weighted by Gasteiger charge is -2.43. The first-order valence-corrected chi connectivity index (χ1v) is 17.8. The lowest BCUT2D eigenvalue weighted by Crippen LogP contribution is -2.37. The van der Waals surface area contributed by atoms with Crippen molar-refractivity contribution in [3.63, 3.8) is 0 Å². The Labute approximate surface area is 288 Å². The number of carbonyl (C=O) groups is 1. The van der Waals surface area contributed by atoms with E-state index in [1.807, 2.05) is 32.1 Å². The number of anilines is 1. The zero-order chi connectivity index (χ0) is 31.6. The normalized spacial score (nSPS) is 20.5. The Hall–Kier alpha value is -3.76. The maximum atomic E-state index is 13.2. The number of halogens is 1. The van der Waals surface area contributed by atoms with Crippen molar-refractivity contribution in [2.75, 3.05) is 31.2 Å². The van der Waals surface area contributed by atoms with Gasteiger partial charge in [0.05, 0.1) is 27.4 Å². The number of ether oxygens (including phenoxy) is 2. The first kappa shape index (κ1) is 30.9. The molecule has 8 heteroatoms. The fraction of sp³-hybridized carbons (Fsp3) is 0.263. The maximum Gasteiger partial charge on any atom is 0.264 e. The average Bonchev–Trinajstić information content (AvgIpc) is 3.41. The Morgan fingerprint density at radius 1 is 0.891 bits per heavy atom. The molecule has 234 valence electrons. The van der Waals surface area contributed by atoms with Crippen LogP contribution in [0.5, 0.6) is 11.5 Å². The van der Waals surface area contributed by atoms with Crippen LogP contribution < -0.4 is 19.7 Å². The van der Waals surface area contributed by atoms with Crippen LogP contribution in [0.2, 0.25) is 0 Å². The summed E-state index contributed by atoms with van der Waals surface area (Å²) in [6.07, 6.45) is 4.03. The molecular formula is C38H36IN3O3S. The minimum absolute atomic E-state index is 0.152. The highest BCUT2D eigenvalue weighted by Gasteiger charge is 2.35. The number of amides is 1. The van der Waals surface area contributed by atoms with E-state index in [-0.39, 0.29) is 5.91 Å². The van der Waals surface area contributed by atoms with Crippen molar-refractivity contribution in [3.05, 3.63) is 121 Å². The summed E-state index contributed by atoms with van der Waals surface area (Å²) < 4.78 is 12.6. The number of rotatable bonds is 8. The van der Waals surface area contributed by atoms with Gasteiger partial charge in [0, 0.05) is 30.6 Å². The first-order chi connectivity index (χ1) is 22.5. The minimum atomic E-state index is -0.152. The Morgan fingerprint density at radius 2 is 1.50 bits per heavy atom. The van der Waals surface area contributed by atoms with Gasteiger partial charge in [0.1, 0.15) is 0 Å². The highest BCUT2D eigenvalue weighted by atomic mass is 127. The van der Waals surface area contributed by atoms with Gasteiger partial charge in [-0.2, -0.15) is 0 Å². The van der Waals surface area contributed by atoms with Crippen LogP contribution in [0.25, 0.3) is 6.08 Å². The summed E-state index contributed by atoms with van der Waals surface area (Å²) in [6, 6.07) is 30.1. The number of hydrogen-bond acceptors (Lipinski definition) is 6. The van der Waals surface area contributed by atoms with E-state index in [1.54, 1.807) is 0 Å². The van der Waals surface area contributed by atoms with E-state index in [1.165, 1.54) is 39.7 Å². The molecule has 0 bridgehead atoms. The standard InChI is InChI=1S/C38H36IN3O3S/c1-3-44-33-20-24(19-32(39)36(33)45-4-2)21-34-37(43)41-38(46-34)40-27-22-30-28(25-11-7-5-8-12-25)15-17-42-18-16-29(31(23-27)35(30)42)26-13-9-6-10-14-26/h5-14,19-23,28-29H,3-4,15-18H2,1-2H3,(H,40,41,43)/b34-21-/t28-,29-/m1/s1. The fourth-order valence-electron chi connectivity index (χ4n) is 6.87. The predicted octanol–water partition coefficient (Wildman–Crippen LogP) is 8.86. The Kier molecular flexibility index (Phi) is 9.08. The van der Waals surface area contributed by atoms with Gasteiger partial charge >= 0.3 is 0 Å². The molecule has 1 N–H and O–H groups in total. The van der Waals surface area contributed by atoms with Crippen molar-refractivity contribution in [3.8, 4) is 11.5 Å². The van der Waals surface area contributed by atoms with Crippen LogP contribution in [0.3, 0.4) is 0 Å². The number of hydrogen-bond donors (Lipinski definition) is 1. The molecule has 46 heavy (non-hydrogen) atoms. The average molecular weight is 742 g/mol. The summed E-state index contributed by atoms with van der Waals surface area (Å²) in [6.45, 7) is 7.08. The van der Waals surface area contributed by atoms with Crippen LogP contribution in [0.1, 0.15) is 66.3 Å². The van der Waals surface area contributed by atoms with Crippen molar-refractivity contribution >= 4 is 62.9 Å². The lowest BCUT2D eigenvalue weighted by atomic mass is 9.76. The van der Waals surface area contributed by atoms with Gasteiger partial charge in [0.15, 0.2) is 16.7 Å². The monoisotopic (exact) mass is 741 g/mol. The Balaban J connectivity index is 1.27. The number of carbonyl (C=O) groups excluding carboxylic acids is 1. The molecule has 3 heterocycles. The number of nitrogens with zero attached hydrogens (tertiary/aromatic N) is 2. The van der Waals surface area contributed by atoms with E-state index < -0.39 is 0 Å². The van der Waals surface area contributed by atoms with Crippen molar-refractivity contribution in [1.29, 1.82) is 0 Å². The molecule has 1 amide bonds. The molecule has 0 aromatic heterocycles. The van der Waals surface area contributed by atoms with E-state index in [4.69, 9.17) is 14.5 Å². The van der Waals surface area contributed by atoms with E-state index in [0.29, 0.717) is 40.9 Å². The Morgan fingerprint density at radius 3 is 2.09 bits per heavy atom. The molecule has 0 radical (unpaired) electrons.